The van der Waals surface area contributed by atoms with Crippen LogP contribution in [0.4, 0.5) is 0 Å². The van der Waals surface area contributed by atoms with Gasteiger partial charge in [-0.05, 0) is 52.4 Å². The summed E-state index contributed by atoms with van der Waals surface area (Å²) in [5, 5.41) is 0. The Hall–Kier alpha value is 1.42. The van der Waals surface area contributed by atoms with Crippen LogP contribution in [-0.2, 0) is 32.9 Å². The van der Waals surface area contributed by atoms with Gasteiger partial charge in [0.25, 0.3) is 0 Å². The fraction of sp³-hybridized carbons (Fsp3) is 1.00. The third kappa shape index (κ3) is 10.5. The Balaban J connectivity index is 2.81. The Morgan fingerprint density at radius 1 is 0.417 bits per heavy atom. The molecule has 0 aromatic rings. The maximum absolute atomic E-state index is 6.34. The van der Waals surface area contributed by atoms with E-state index in [0.717, 1.165) is 0 Å². The number of hydrogen-bond donors (Lipinski definition) is 0. The van der Waals surface area contributed by atoms with Crippen LogP contribution in [0.5, 0.6) is 0 Å². The minimum atomic E-state index is -2.42. The van der Waals surface area contributed by atoms with E-state index >= 15 is 0 Å². The van der Waals surface area contributed by atoms with E-state index in [-0.39, 0.29) is 40.0 Å². The van der Waals surface area contributed by atoms with Crippen molar-refractivity contribution in [3.8, 4) is 0 Å². The standard InChI is InChI=1S/C8H24O8Si8/c1-21(2)12-19-10-17-9-18-11-20-13-22(3,4)15-24(7,8)16-23(5,6)14-21/h1-8H3. The SMILES string of the molecule is C[Si]1(C)O[Si]O[Si]O[Si]O[Si]O[Si](C)(C)O[Si](C)(C)O[Si](C)(C)O1. The van der Waals surface area contributed by atoms with Crippen molar-refractivity contribution in [2.24, 2.45) is 0 Å². The minimum Gasteiger partial charge on any atom is -0.416 e. The van der Waals surface area contributed by atoms with Crippen LogP contribution in [0.2, 0.25) is 52.4 Å². The van der Waals surface area contributed by atoms with E-state index < -0.39 is 34.2 Å². The van der Waals surface area contributed by atoms with Crippen molar-refractivity contribution >= 4 is 74.3 Å². The molecular weight excluding hydrogens is 449 g/mol. The molecule has 1 saturated heterocycles. The summed E-state index contributed by atoms with van der Waals surface area (Å²) in [6, 6.07) is 0. The number of rotatable bonds is 0. The first kappa shape index (κ1) is 23.5. The second kappa shape index (κ2) is 9.56. The highest BCUT2D eigenvalue weighted by atomic mass is 28.5. The normalized spacial score (nSPS) is 29.0. The molecule has 0 saturated carbocycles. The molecule has 16 heteroatoms. The summed E-state index contributed by atoms with van der Waals surface area (Å²) in [7, 11) is -10.1. The van der Waals surface area contributed by atoms with Crippen molar-refractivity contribution in [1.82, 2.24) is 0 Å². The molecule has 0 aliphatic carbocycles. The van der Waals surface area contributed by atoms with Crippen molar-refractivity contribution in [3.05, 3.63) is 0 Å². The van der Waals surface area contributed by atoms with Gasteiger partial charge in [0.1, 0.15) is 0 Å². The van der Waals surface area contributed by atoms with Gasteiger partial charge in [-0.1, -0.05) is 0 Å². The molecule has 1 rings (SSSR count). The molecule has 0 unspecified atom stereocenters. The van der Waals surface area contributed by atoms with Crippen LogP contribution in [0.25, 0.3) is 0 Å². The van der Waals surface area contributed by atoms with E-state index in [1.165, 1.54) is 0 Å². The molecular formula is C8H24O8Si8. The smallest absolute Gasteiger partial charge is 0.412 e. The van der Waals surface area contributed by atoms with Gasteiger partial charge in [0.15, 0.2) is 0 Å². The fourth-order valence-electron chi connectivity index (χ4n) is 2.19. The van der Waals surface area contributed by atoms with Gasteiger partial charge in [0.05, 0.1) is 0 Å². The molecule has 8 nitrogen and oxygen atoms in total. The van der Waals surface area contributed by atoms with Gasteiger partial charge < -0.3 is 32.9 Å². The van der Waals surface area contributed by atoms with E-state index in [1.54, 1.807) is 0 Å². The second-order valence-electron chi connectivity index (χ2n) is 6.75. The highest BCUT2D eigenvalue weighted by Crippen LogP contribution is 2.24. The van der Waals surface area contributed by atoms with Crippen LogP contribution in [0.1, 0.15) is 0 Å². The molecule has 0 atom stereocenters. The molecule has 8 radical (unpaired) electrons. The second-order valence-corrected chi connectivity index (χ2v) is 25.1. The molecule has 0 spiro atoms. The van der Waals surface area contributed by atoms with Gasteiger partial charge in [0, 0.05) is 0 Å². The number of hydrogen-bond acceptors (Lipinski definition) is 8. The zero-order valence-electron chi connectivity index (χ0n) is 15.3. The topological polar surface area (TPSA) is 73.8 Å². The van der Waals surface area contributed by atoms with E-state index in [4.69, 9.17) is 32.9 Å². The van der Waals surface area contributed by atoms with Gasteiger partial charge in [0.2, 0.25) is 0 Å². The Morgan fingerprint density at radius 2 is 0.708 bits per heavy atom. The summed E-state index contributed by atoms with van der Waals surface area (Å²) in [6.07, 6.45) is 0. The van der Waals surface area contributed by atoms with E-state index in [1.807, 2.05) is 52.4 Å². The molecule has 1 aliphatic heterocycles. The van der Waals surface area contributed by atoms with Crippen LogP contribution < -0.4 is 0 Å². The fourth-order valence-corrected chi connectivity index (χ4v) is 22.7. The first-order valence-corrected chi connectivity index (χ1v) is 21.8. The van der Waals surface area contributed by atoms with Crippen molar-refractivity contribution in [3.63, 3.8) is 0 Å². The summed E-state index contributed by atoms with van der Waals surface area (Å²) in [4.78, 5) is 0. The highest BCUT2D eigenvalue weighted by Gasteiger charge is 2.44. The molecule has 1 heterocycles. The monoisotopic (exact) mass is 472 g/mol. The lowest BCUT2D eigenvalue weighted by Crippen LogP contribution is -2.58. The highest BCUT2D eigenvalue weighted by molar-refractivity contribution is 6.88. The maximum Gasteiger partial charge on any atom is 0.412 e. The molecule has 24 heavy (non-hydrogen) atoms. The third-order valence-corrected chi connectivity index (χ3v) is 20.7. The van der Waals surface area contributed by atoms with E-state index in [9.17, 15) is 0 Å². The van der Waals surface area contributed by atoms with Crippen LogP contribution in [0.15, 0.2) is 0 Å². The quantitative estimate of drug-likeness (QED) is 0.485. The molecule has 1 aliphatic rings. The van der Waals surface area contributed by atoms with Crippen LogP contribution >= 0.6 is 0 Å². The summed E-state index contributed by atoms with van der Waals surface area (Å²) in [6.45, 7) is 16.0. The average molecular weight is 473 g/mol. The predicted molar refractivity (Wildman–Crippen MR) is 102 cm³/mol. The summed E-state index contributed by atoms with van der Waals surface area (Å²) >= 11 is 0. The molecule has 136 valence electrons. The molecule has 0 aromatic carbocycles. The lowest BCUT2D eigenvalue weighted by Gasteiger charge is -2.40. The third-order valence-electron chi connectivity index (χ3n) is 2.30. The Kier molecular flexibility index (Phi) is 9.34. The van der Waals surface area contributed by atoms with Crippen molar-refractivity contribution in [2.75, 3.05) is 0 Å². The Morgan fingerprint density at radius 3 is 1.08 bits per heavy atom. The Labute approximate surface area is 159 Å². The summed E-state index contributed by atoms with van der Waals surface area (Å²) in [5.74, 6) is 0. The zero-order valence-corrected chi connectivity index (χ0v) is 23.3. The van der Waals surface area contributed by atoms with E-state index in [0.29, 0.717) is 0 Å². The van der Waals surface area contributed by atoms with Crippen LogP contribution in [0, 0.1) is 0 Å². The molecule has 0 N–H and O–H groups in total. The van der Waals surface area contributed by atoms with Gasteiger partial charge >= 0.3 is 74.3 Å². The largest absolute Gasteiger partial charge is 0.416 e. The van der Waals surface area contributed by atoms with Gasteiger partial charge in [-0.2, -0.15) is 0 Å². The van der Waals surface area contributed by atoms with Crippen LogP contribution in [0.3, 0.4) is 0 Å². The maximum atomic E-state index is 6.34. The minimum absolute atomic E-state index is 0.128. The van der Waals surface area contributed by atoms with Gasteiger partial charge in [-0.25, -0.2) is 0 Å². The molecule has 0 bridgehead atoms. The summed E-state index contributed by atoms with van der Waals surface area (Å²) in [5.41, 5.74) is 0. The predicted octanol–water partition coefficient (Wildman–Crippen LogP) is 1.08. The zero-order chi connectivity index (χ0) is 18.5. The molecule has 0 aromatic heterocycles. The lowest BCUT2D eigenvalue weighted by molar-refractivity contribution is 0.273. The molecule has 0 amide bonds. The lowest BCUT2D eigenvalue weighted by atomic mass is 11.9. The van der Waals surface area contributed by atoms with Gasteiger partial charge in [-0.3, -0.25) is 0 Å². The van der Waals surface area contributed by atoms with Crippen molar-refractivity contribution in [1.29, 1.82) is 0 Å². The summed E-state index contributed by atoms with van der Waals surface area (Å²) < 4.78 is 46.4. The van der Waals surface area contributed by atoms with Gasteiger partial charge in [-0.15, -0.1) is 0 Å². The average Bonchev–Trinajstić information content (AvgIpc) is 2.30. The van der Waals surface area contributed by atoms with E-state index in [2.05, 4.69) is 0 Å². The first-order valence-electron chi connectivity index (χ1n) is 7.27. The first-order chi connectivity index (χ1) is 10.8. The Bertz CT molecular complexity index is 360. The van der Waals surface area contributed by atoms with Crippen LogP contribution in [-0.4, -0.2) is 74.3 Å². The van der Waals surface area contributed by atoms with Crippen molar-refractivity contribution < 1.29 is 32.9 Å². The molecule has 1 fully saturated rings. The van der Waals surface area contributed by atoms with Crippen molar-refractivity contribution in [2.45, 2.75) is 52.4 Å².